The number of hydrogen-bond donors (Lipinski definition) is 2. The first kappa shape index (κ1) is 17.7. The normalized spacial score (nSPS) is 12.0. The summed E-state index contributed by atoms with van der Waals surface area (Å²) in [5.74, 6) is 0.579. The van der Waals surface area contributed by atoms with Crippen molar-refractivity contribution in [1.82, 2.24) is 25.3 Å². The third-order valence-electron chi connectivity index (χ3n) is 4.70. The van der Waals surface area contributed by atoms with Crippen molar-refractivity contribution in [1.29, 1.82) is 0 Å². The van der Waals surface area contributed by atoms with Crippen LogP contribution >= 0.6 is 0 Å². The lowest BCUT2D eigenvalue weighted by Gasteiger charge is -2.24. The molecule has 0 aliphatic rings. The Hall–Kier alpha value is -3.09. The number of carbonyl (C=O) groups excluding carboxylic acids is 1. The summed E-state index contributed by atoms with van der Waals surface area (Å²) in [5, 5.41) is 14.3. The molecule has 3 aromatic rings. The molecule has 2 heterocycles. The molecular formula is C19H23N5O2. The molecular weight excluding hydrogens is 330 g/mol. The number of ether oxygens (including phenoxy) is 1. The van der Waals surface area contributed by atoms with Gasteiger partial charge in [0.25, 0.3) is 5.91 Å². The van der Waals surface area contributed by atoms with Crippen molar-refractivity contribution in [2.75, 3.05) is 14.2 Å². The van der Waals surface area contributed by atoms with Gasteiger partial charge >= 0.3 is 0 Å². The lowest BCUT2D eigenvalue weighted by Crippen LogP contribution is -2.30. The number of nitrogens with zero attached hydrogens (tertiary/aromatic N) is 3. The SMILES string of the molecule is COc1ccccc1-c1cc(C(=O)N(C)[C@@H](C)c2c(C)n[nH]c2C)[nH]n1. The van der Waals surface area contributed by atoms with E-state index < -0.39 is 0 Å². The van der Waals surface area contributed by atoms with Crippen molar-refractivity contribution in [3.05, 3.63) is 53.0 Å². The molecule has 0 spiro atoms. The van der Waals surface area contributed by atoms with Crippen molar-refractivity contribution >= 4 is 5.91 Å². The summed E-state index contributed by atoms with van der Waals surface area (Å²) >= 11 is 0. The number of aromatic amines is 2. The van der Waals surface area contributed by atoms with Crippen LogP contribution in [0.15, 0.2) is 30.3 Å². The Balaban J connectivity index is 1.86. The number of carbonyl (C=O) groups is 1. The van der Waals surface area contributed by atoms with E-state index in [1.807, 2.05) is 45.0 Å². The van der Waals surface area contributed by atoms with Gasteiger partial charge in [-0.3, -0.25) is 15.0 Å². The van der Waals surface area contributed by atoms with Crippen LogP contribution in [-0.2, 0) is 0 Å². The molecule has 3 rings (SSSR count). The summed E-state index contributed by atoms with van der Waals surface area (Å²) < 4.78 is 5.37. The second-order valence-corrected chi connectivity index (χ2v) is 6.31. The maximum atomic E-state index is 12.9. The first-order valence-corrected chi connectivity index (χ1v) is 8.41. The molecule has 0 aliphatic carbocycles. The average molecular weight is 353 g/mol. The Kier molecular flexibility index (Phi) is 4.79. The van der Waals surface area contributed by atoms with Crippen molar-refractivity contribution in [3.8, 4) is 17.0 Å². The molecule has 0 bridgehead atoms. The fraction of sp³-hybridized carbons (Fsp3) is 0.316. The number of rotatable bonds is 5. The van der Waals surface area contributed by atoms with Crippen LogP contribution < -0.4 is 4.74 Å². The summed E-state index contributed by atoms with van der Waals surface area (Å²) in [5.41, 5.74) is 4.83. The van der Waals surface area contributed by atoms with E-state index in [1.165, 1.54) is 0 Å². The molecule has 136 valence electrons. The van der Waals surface area contributed by atoms with Gasteiger partial charge < -0.3 is 9.64 Å². The zero-order chi connectivity index (χ0) is 18.8. The molecule has 26 heavy (non-hydrogen) atoms. The molecule has 0 saturated heterocycles. The van der Waals surface area contributed by atoms with E-state index in [1.54, 1.807) is 25.1 Å². The lowest BCUT2D eigenvalue weighted by molar-refractivity contribution is 0.0736. The maximum Gasteiger partial charge on any atom is 0.272 e. The Bertz CT molecular complexity index is 908. The molecule has 2 aromatic heterocycles. The van der Waals surface area contributed by atoms with Crippen LogP contribution in [0.3, 0.4) is 0 Å². The summed E-state index contributed by atoms with van der Waals surface area (Å²) in [4.78, 5) is 14.6. The number of aryl methyl sites for hydroxylation is 2. The molecule has 0 saturated carbocycles. The van der Waals surface area contributed by atoms with Gasteiger partial charge in [0.05, 0.1) is 24.5 Å². The highest BCUT2D eigenvalue weighted by Crippen LogP contribution is 2.29. The smallest absolute Gasteiger partial charge is 0.272 e. The molecule has 0 unspecified atom stereocenters. The van der Waals surface area contributed by atoms with Crippen molar-refractivity contribution in [2.45, 2.75) is 26.8 Å². The third kappa shape index (κ3) is 3.08. The number of methoxy groups -OCH3 is 1. The second kappa shape index (κ2) is 7.03. The number of aromatic nitrogens is 4. The summed E-state index contributed by atoms with van der Waals surface area (Å²) in [6.07, 6.45) is 0. The van der Waals surface area contributed by atoms with E-state index in [2.05, 4.69) is 20.4 Å². The topological polar surface area (TPSA) is 86.9 Å². The number of amides is 1. The average Bonchev–Trinajstić information content (AvgIpc) is 3.27. The fourth-order valence-electron chi connectivity index (χ4n) is 3.16. The lowest BCUT2D eigenvalue weighted by atomic mass is 10.0. The van der Waals surface area contributed by atoms with Crippen LogP contribution in [0.5, 0.6) is 5.75 Å². The Morgan fingerprint density at radius 1 is 1.19 bits per heavy atom. The van der Waals surface area contributed by atoms with E-state index in [9.17, 15) is 4.79 Å². The van der Waals surface area contributed by atoms with Crippen molar-refractivity contribution in [3.63, 3.8) is 0 Å². The number of benzene rings is 1. The first-order valence-electron chi connectivity index (χ1n) is 8.41. The highest BCUT2D eigenvalue weighted by atomic mass is 16.5. The Morgan fingerprint density at radius 2 is 1.92 bits per heavy atom. The monoisotopic (exact) mass is 353 g/mol. The van der Waals surface area contributed by atoms with Crippen LogP contribution in [0.25, 0.3) is 11.3 Å². The van der Waals surface area contributed by atoms with E-state index in [0.29, 0.717) is 17.1 Å². The van der Waals surface area contributed by atoms with Gasteiger partial charge in [0, 0.05) is 23.9 Å². The molecule has 2 N–H and O–H groups in total. The summed E-state index contributed by atoms with van der Waals surface area (Å²) in [6.45, 7) is 5.88. The van der Waals surface area contributed by atoms with Gasteiger partial charge in [-0.2, -0.15) is 10.2 Å². The van der Waals surface area contributed by atoms with Crippen LogP contribution in [0.2, 0.25) is 0 Å². The molecule has 0 radical (unpaired) electrons. The molecule has 1 aromatic carbocycles. The molecule has 1 amide bonds. The largest absolute Gasteiger partial charge is 0.496 e. The van der Waals surface area contributed by atoms with Gasteiger partial charge in [-0.1, -0.05) is 12.1 Å². The van der Waals surface area contributed by atoms with Crippen molar-refractivity contribution < 1.29 is 9.53 Å². The predicted octanol–water partition coefficient (Wildman–Crippen LogP) is 3.26. The summed E-state index contributed by atoms with van der Waals surface area (Å²) in [6, 6.07) is 9.22. The van der Waals surface area contributed by atoms with E-state index in [4.69, 9.17) is 4.74 Å². The summed E-state index contributed by atoms with van der Waals surface area (Å²) in [7, 11) is 3.39. The van der Waals surface area contributed by atoms with Crippen molar-refractivity contribution in [2.24, 2.45) is 0 Å². The highest BCUT2D eigenvalue weighted by molar-refractivity contribution is 5.93. The minimum atomic E-state index is -0.133. The van der Waals surface area contributed by atoms with Gasteiger partial charge in [0.15, 0.2) is 0 Å². The van der Waals surface area contributed by atoms with E-state index in [0.717, 1.165) is 22.5 Å². The zero-order valence-electron chi connectivity index (χ0n) is 15.6. The minimum Gasteiger partial charge on any atom is -0.496 e. The zero-order valence-corrected chi connectivity index (χ0v) is 15.6. The number of hydrogen-bond acceptors (Lipinski definition) is 4. The molecule has 0 aliphatic heterocycles. The highest BCUT2D eigenvalue weighted by Gasteiger charge is 2.24. The third-order valence-corrected chi connectivity index (χ3v) is 4.70. The fourth-order valence-corrected chi connectivity index (χ4v) is 3.16. The standard InChI is InChI=1S/C19H23N5O2/c1-11-18(12(2)21-20-11)13(3)24(4)19(25)16-10-15(22-23-16)14-8-6-7-9-17(14)26-5/h6-10,13H,1-5H3,(H,20,21)(H,22,23)/t13-/m0/s1. The number of nitrogens with one attached hydrogen (secondary N) is 2. The van der Waals surface area contributed by atoms with E-state index in [-0.39, 0.29) is 11.9 Å². The van der Waals surface area contributed by atoms with Gasteiger partial charge in [0.2, 0.25) is 0 Å². The number of para-hydroxylation sites is 1. The van der Waals surface area contributed by atoms with E-state index >= 15 is 0 Å². The van der Waals surface area contributed by atoms with Gasteiger partial charge in [-0.15, -0.1) is 0 Å². The van der Waals surface area contributed by atoms with Crippen LogP contribution in [-0.4, -0.2) is 45.4 Å². The molecule has 1 atom stereocenters. The van der Waals surface area contributed by atoms with Crippen LogP contribution in [0.1, 0.15) is 40.4 Å². The molecule has 0 fully saturated rings. The van der Waals surface area contributed by atoms with Gasteiger partial charge in [0.1, 0.15) is 11.4 Å². The second-order valence-electron chi connectivity index (χ2n) is 6.31. The Morgan fingerprint density at radius 3 is 2.58 bits per heavy atom. The number of H-pyrrole nitrogens is 2. The molecule has 7 heteroatoms. The van der Waals surface area contributed by atoms with Crippen LogP contribution in [0, 0.1) is 13.8 Å². The van der Waals surface area contributed by atoms with Gasteiger partial charge in [-0.25, -0.2) is 0 Å². The predicted molar refractivity (Wildman–Crippen MR) is 99.1 cm³/mol. The van der Waals surface area contributed by atoms with Gasteiger partial charge in [-0.05, 0) is 39.0 Å². The minimum absolute atomic E-state index is 0.112. The maximum absolute atomic E-state index is 12.9. The first-order chi connectivity index (χ1) is 12.4. The quantitative estimate of drug-likeness (QED) is 0.737. The molecule has 7 nitrogen and oxygen atoms in total. The van der Waals surface area contributed by atoms with Crippen LogP contribution in [0.4, 0.5) is 0 Å². The Labute approximate surface area is 152 Å².